The predicted molar refractivity (Wildman–Crippen MR) is 113 cm³/mol. The first kappa shape index (κ1) is 22.9. The smallest absolute Gasteiger partial charge is 0.271 e. The van der Waals surface area contributed by atoms with Crippen LogP contribution in [0.15, 0.2) is 53.6 Å². The van der Waals surface area contributed by atoms with E-state index in [0.29, 0.717) is 36.5 Å². The number of hydrogen-bond donors (Lipinski definition) is 3. The molecule has 2 rings (SSSR count). The molecule has 2 aromatic carbocycles. The maximum Gasteiger partial charge on any atom is 0.271 e. The van der Waals surface area contributed by atoms with E-state index >= 15 is 0 Å². The number of amides is 2. The van der Waals surface area contributed by atoms with E-state index in [1.165, 1.54) is 7.11 Å². The highest BCUT2D eigenvalue weighted by molar-refractivity contribution is 5.95. The van der Waals surface area contributed by atoms with Gasteiger partial charge in [-0.2, -0.15) is 5.10 Å². The minimum Gasteiger partial charge on any atom is -0.493 e. The molecule has 3 N–H and O–H groups in total. The molecule has 2 aromatic rings. The lowest BCUT2D eigenvalue weighted by Gasteiger charge is -2.12. The maximum atomic E-state index is 12.3. The van der Waals surface area contributed by atoms with Gasteiger partial charge in [0.1, 0.15) is 0 Å². The van der Waals surface area contributed by atoms with Crippen LogP contribution in [0, 0.1) is 0 Å². The van der Waals surface area contributed by atoms with Crippen LogP contribution in [0.2, 0.25) is 0 Å². The Morgan fingerprint density at radius 3 is 2.53 bits per heavy atom. The van der Waals surface area contributed by atoms with E-state index < -0.39 is 0 Å². The first-order valence-electron chi connectivity index (χ1n) is 9.76. The van der Waals surface area contributed by atoms with Crippen molar-refractivity contribution in [3.63, 3.8) is 0 Å². The number of hydroxylamine groups is 1. The zero-order valence-electron chi connectivity index (χ0n) is 17.0. The second kappa shape index (κ2) is 12.9. The van der Waals surface area contributed by atoms with Crippen molar-refractivity contribution >= 4 is 18.0 Å². The number of hydrazone groups is 1. The average Bonchev–Trinajstić information content (AvgIpc) is 2.78. The van der Waals surface area contributed by atoms with Gasteiger partial charge in [-0.3, -0.25) is 14.8 Å². The molecular weight excluding hydrogens is 386 g/mol. The summed E-state index contributed by atoms with van der Waals surface area (Å²) in [7, 11) is 1.52. The van der Waals surface area contributed by atoms with Crippen LogP contribution in [0.3, 0.4) is 0 Å². The fourth-order valence-electron chi connectivity index (χ4n) is 2.68. The van der Waals surface area contributed by atoms with Crippen molar-refractivity contribution in [2.24, 2.45) is 5.10 Å². The van der Waals surface area contributed by atoms with Crippen LogP contribution in [0.4, 0.5) is 0 Å². The van der Waals surface area contributed by atoms with Crippen LogP contribution < -0.4 is 20.4 Å². The summed E-state index contributed by atoms with van der Waals surface area (Å²) in [6.45, 7) is 0.496. The number of ether oxygens (including phenoxy) is 2. The minimum absolute atomic E-state index is 0.310. The molecule has 0 saturated carbocycles. The van der Waals surface area contributed by atoms with Gasteiger partial charge >= 0.3 is 0 Å². The van der Waals surface area contributed by atoms with Crippen LogP contribution >= 0.6 is 0 Å². The van der Waals surface area contributed by atoms with Gasteiger partial charge < -0.3 is 9.47 Å². The zero-order chi connectivity index (χ0) is 21.6. The van der Waals surface area contributed by atoms with E-state index in [0.717, 1.165) is 24.8 Å². The minimum atomic E-state index is -0.370. The molecule has 0 fully saturated rings. The lowest BCUT2D eigenvalue weighted by atomic mass is 10.1. The molecule has 0 heterocycles. The van der Waals surface area contributed by atoms with Crippen molar-refractivity contribution in [2.75, 3.05) is 13.7 Å². The molecule has 0 aromatic heterocycles. The van der Waals surface area contributed by atoms with E-state index in [2.05, 4.69) is 10.5 Å². The largest absolute Gasteiger partial charge is 0.493 e. The van der Waals surface area contributed by atoms with Crippen molar-refractivity contribution in [1.82, 2.24) is 10.9 Å². The quantitative estimate of drug-likeness (QED) is 0.214. The Morgan fingerprint density at radius 2 is 1.80 bits per heavy atom. The van der Waals surface area contributed by atoms with E-state index in [-0.39, 0.29) is 11.8 Å². The highest BCUT2D eigenvalue weighted by atomic mass is 16.5. The second-order valence-corrected chi connectivity index (χ2v) is 6.52. The molecule has 30 heavy (non-hydrogen) atoms. The van der Waals surface area contributed by atoms with Gasteiger partial charge in [0.05, 0.1) is 19.9 Å². The van der Waals surface area contributed by atoms with E-state index in [1.54, 1.807) is 29.9 Å². The average molecular weight is 413 g/mol. The van der Waals surface area contributed by atoms with Gasteiger partial charge in [0, 0.05) is 12.0 Å². The number of carbonyl (C=O) groups excluding carboxylic acids is 2. The molecule has 2 amide bonds. The normalized spacial score (nSPS) is 10.6. The molecule has 0 aliphatic carbocycles. The zero-order valence-corrected chi connectivity index (χ0v) is 17.0. The molecule has 160 valence electrons. The summed E-state index contributed by atoms with van der Waals surface area (Å²) in [6, 6.07) is 14.4. The first-order valence-corrected chi connectivity index (χ1v) is 9.76. The summed E-state index contributed by atoms with van der Waals surface area (Å²) in [5.74, 6) is 0.306. The maximum absolute atomic E-state index is 12.3. The van der Waals surface area contributed by atoms with Crippen molar-refractivity contribution in [2.45, 2.75) is 32.1 Å². The van der Waals surface area contributed by atoms with Crippen molar-refractivity contribution < 1.29 is 24.3 Å². The Balaban J connectivity index is 1.78. The van der Waals surface area contributed by atoms with Gasteiger partial charge in [-0.15, -0.1) is 0 Å². The third-order valence-corrected chi connectivity index (χ3v) is 4.29. The summed E-state index contributed by atoms with van der Waals surface area (Å²) in [5, 5.41) is 12.4. The third-order valence-electron chi connectivity index (χ3n) is 4.29. The lowest BCUT2D eigenvalue weighted by Crippen LogP contribution is -2.17. The Morgan fingerprint density at radius 1 is 1.03 bits per heavy atom. The summed E-state index contributed by atoms with van der Waals surface area (Å²) < 4.78 is 11.1. The van der Waals surface area contributed by atoms with Crippen molar-refractivity contribution in [3.8, 4) is 11.5 Å². The first-order chi connectivity index (χ1) is 14.6. The molecule has 0 atom stereocenters. The lowest BCUT2D eigenvalue weighted by molar-refractivity contribution is -0.129. The number of hydrogen-bond acceptors (Lipinski definition) is 6. The van der Waals surface area contributed by atoms with Crippen molar-refractivity contribution in [1.29, 1.82) is 0 Å². The van der Waals surface area contributed by atoms with E-state index in [4.69, 9.17) is 14.7 Å². The van der Waals surface area contributed by atoms with E-state index in [1.807, 2.05) is 30.3 Å². The monoisotopic (exact) mass is 413 g/mol. The highest BCUT2D eigenvalue weighted by Crippen LogP contribution is 2.28. The van der Waals surface area contributed by atoms with Crippen molar-refractivity contribution in [3.05, 3.63) is 59.7 Å². The topological polar surface area (TPSA) is 109 Å². The van der Waals surface area contributed by atoms with Gasteiger partial charge in [0.15, 0.2) is 11.5 Å². The van der Waals surface area contributed by atoms with Gasteiger partial charge in [0.25, 0.3) is 5.91 Å². The molecule has 0 bridgehead atoms. The Kier molecular flexibility index (Phi) is 9.88. The summed E-state index contributed by atoms with van der Waals surface area (Å²) in [5.41, 5.74) is 5.40. The molecular formula is C22H27N3O5. The summed E-state index contributed by atoms with van der Waals surface area (Å²) >= 11 is 0. The molecule has 0 spiro atoms. The summed E-state index contributed by atoms with van der Waals surface area (Å²) in [4.78, 5) is 23.2. The van der Waals surface area contributed by atoms with Crippen LogP contribution in [0.5, 0.6) is 11.5 Å². The highest BCUT2D eigenvalue weighted by Gasteiger charge is 2.11. The number of benzene rings is 2. The predicted octanol–water partition coefficient (Wildman–Crippen LogP) is 3.29. The molecule has 8 heteroatoms. The molecule has 0 aliphatic heterocycles. The fourth-order valence-corrected chi connectivity index (χ4v) is 2.68. The molecule has 8 nitrogen and oxygen atoms in total. The standard InChI is InChI=1S/C22H27N3O5/c1-29-20-15-18(22(27)24-23-16-17-9-5-4-6-10-17)12-13-19(20)30-14-8-3-2-7-11-21(26)25-28/h4-6,9-10,12-13,15-16,28H,2-3,7-8,11,14H2,1H3,(H,24,27)(H,25,26)/b23-16+. The van der Waals surface area contributed by atoms with Gasteiger partial charge in [0.2, 0.25) is 5.91 Å². The van der Waals surface area contributed by atoms with Gasteiger partial charge in [-0.05, 0) is 36.6 Å². The SMILES string of the molecule is COc1cc(C(=O)N/N=C/c2ccccc2)ccc1OCCCCCCC(=O)NO. The Hall–Kier alpha value is -3.39. The van der Waals surface area contributed by atoms with Crippen LogP contribution in [0.1, 0.15) is 48.0 Å². The Labute approximate surface area is 175 Å². The number of methoxy groups -OCH3 is 1. The van der Waals surface area contributed by atoms with Crippen LogP contribution in [0.25, 0.3) is 0 Å². The second-order valence-electron chi connectivity index (χ2n) is 6.52. The number of rotatable bonds is 12. The number of nitrogens with one attached hydrogen (secondary N) is 2. The molecule has 0 aliphatic rings. The molecule has 0 unspecified atom stereocenters. The fraction of sp³-hybridized carbons (Fsp3) is 0.318. The Bertz CT molecular complexity index is 840. The van der Waals surface area contributed by atoms with E-state index in [9.17, 15) is 9.59 Å². The van der Waals surface area contributed by atoms with Crippen LogP contribution in [-0.4, -0.2) is 37.0 Å². The third kappa shape index (κ3) is 7.92. The molecule has 0 saturated heterocycles. The number of carbonyl (C=O) groups is 2. The van der Waals surface area contributed by atoms with Crippen LogP contribution in [-0.2, 0) is 4.79 Å². The number of nitrogens with zero attached hydrogens (tertiary/aromatic N) is 1. The van der Waals surface area contributed by atoms with Gasteiger partial charge in [-0.25, -0.2) is 10.9 Å². The van der Waals surface area contributed by atoms with Gasteiger partial charge in [-0.1, -0.05) is 43.2 Å². The summed E-state index contributed by atoms with van der Waals surface area (Å²) in [6.07, 6.45) is 5.19. The number of unbranched alkanes of at least 4 members (excludes halogenated alkanes) is 3. The molecule has 0 radical (unpaired) electrons.